The number of benzene rings is 1. The number of ether oxygens (including phenoxy) is 1. The first-order valence-corrected chi connectivity index (χ1v) is 8.39. The van der Waals surface area contributed by atoms with Crippen molar-refractivity contribution in [2.75, 3.05) is 26.8 Å². The SMILES string of the molecule is COCC1=CCN(C(=O)C2Cc3ccccc3CN2C(C)=O)CC1. The second kappa shape index (κ2) is 7.18. The smallest absolute Gasteiger partial charge is 0.246 e. The molecule has 1 aromatic rings. The van der Waals surface area contributed by atoms with Gasteiger partial charge >= 0.3 is 0 Å². The molecule has 1 unspecified atom stereocenters. The number of carbonyl (C=O) groups is 2. The summed E-state index contributed by atoms with van der Waals surface area (Å²) in [6, 6.07) is 7.66. The molecule has 2 heterocycles. The summed E-state index contributed by atoms with van der Waals surface area (Å²) in [6.45, 7) is 3.97. The van der Waals surface area contributed by atoms with Crippen LogP contribution in [0.2, 0.25) is 0 Å². The zero-order chi connectivity index (χ0) is 17.1. The minimum atomic E-state index is -0.394. The molecule has 24 heavy (non-hydrogen) atoms. The molecule has 1 aromatic carbocycles. The predicted molar refractivity (Wildman–Crippen MR) is 91.3 cm³/mol. The monoisotopic (exact) mass is 328 g/mol. The maximum atomic E-state index is 13.0. The van der Waals surface area contributed by atoms with Gasteiger partial charge in [-0.25, -0.2) is 0 Å². The predicted octanol–water partition coefficient (Wildman–Crippen LogP) is 1.76. The van der Waals surface area contributed by atoms with Crippen LogP contribution in [-0.4, -0.2) is 54.5 Å². The lowest BCUT2D eigenvalue weighted by atomic mass is 9.92. The first-order chi connectivity index (χ1) is 11.6. The Hall–Kier alpha value is -2.14. The van der Waals surface area contributed by atoms with Crippen LogP contribution in [0.15, 0.2) is 35.9 Å². The van der Waals surface area contributed by atoms with Crippen LogP contribution >= 0.6 is 0 Å². The number of methoxy groups -OCH3 is 1. The van der Waals surface area contributed by atoms with E-state index in [-0.39, 0.29) is 11.8 Å². The molecule has 3 rings (SSSR count). The van der Waals surface area contributed by atoms with Crippen LogP contribution in [0.1, 0.15) is 24.5 Å². The number of hydrogen-bond acceptors (Lipinski definition) is 3. The van der Waals surface area contributed by atoms with Crippen molar-refractivity contribution >= 4 is 11.8 Å². The van der Waals surface area contributed by atoms with Crippen LogP contribution in [0.5, 0.6) is 0 Å². The Balaban J connectivity index is 1.77. The fourth-order valence-electron chi connectivity index (χ4n) is 3.51. The van der Waals surface area contributed by atoms with Crippen molar-refractivity contribution in [1.29, 1.82) is 0 Å². The molecule has 0 radical (unpaired) electrons. The van der Waals surface area contributed by atoms with Crippen LogP contribution in [-0.2, 0) is 27.3 Å². The van der Waals surface area contributed by atoms with E-state index < -0.39 is 6.04 Å². The third kappa shape index (κ3) is 3.36. The third-order valence-electron chi connectivity index (χ3n) is 4.88. The van der Waals surface area contributed by atoms with Gasteiger partial charge in [0.05, 0.1) is 6.61 Å². The number of rotatable bonds is 3. The zero-order valence-corrected chi connectivity index (χ0v) is 14.3. The van der Waals surface area contributed by atoms with E-state index >= 15 is 0 Å². The highest BCUT2D eigenvalue weighted by molar-refractivity contribution is 5.88. The Labute approximate surface area is 142 Å². The van der Waals surface area contributed by atoms with Gasteiger partial charge < -0.3 is 14.5 Å². The van der Waals surface area contributed by atoms with Gasteiger partial charge in [0, 0.05) is 40.1 Å². The van der Waals surface area contributed by atoms with Crippen molar-refractivity contribution in [2.45, 2.75) is 32.4 Å². The lowest BCUT2D eigenvalue weighted by molar-refractivity contribution is -0.145. The zero-order valence-electron chi connectivity index (χ0n) is 14.3. The molecule has 2 aliphatic rings. The number of hydrogen-bond donors (Lipinski definition) is 0. The summed E-state index contributed by atoms with van der Waals surface area (Å²) in [4.78, 5) is 28.6. The largest absolute Gasteiger partial charge is 0.380 e. The molecule has 0 saturated heterocycles. The average Bonchev–Trinajstić information content (AvgIpc) is 2.61. The number of carbonyl (C=O) groups excluding carboxylic acids is 2. The van der Waals surface area contributed by atoms with Gasteiger partial charge in [-0.3, -0.25) is 9.59 Å². The van der Waals surface area contributed by atoms with Crippen LogP contribution in [0.25, 0.3) is 0 Å². The summed E-state index contributed by atoms with van der Waals surface area (Å²) in [5.41, 5.74) is 3.54. The van der Waals surface area contributed by atoms with Crippen molar-refractivity contribution < 1.29 is 14.3 Å². The maximum Gasteiger partial charge on any atom is 0.246 e. The number of fused-ring (bicyclic) bond motifs is 1. The molecule has 0 aliphatic carbocycles. The molecule has 5 heteroatoms. The Morgan fingerprint density at radius 2 is 2.00 bits per heavy atom. The van der Waals surface area contributed by atoms with E-state index in [2.05, 4.69) is 12.1 Å². The van der Waals surface area contributed by atoms with Gasteiger partial charge in [-0.1, -0.05) is 30.3 Å². The fourth-order valence-corrected chi connectivity index (χ4v) is 3.51. The minimum absolute atomic E-state index is 0.0459. The number of amides is 2. The maximum absolute atomic E-state index is 13.0. The van der Waals surface area contributed by atoms with Gasteiger partial charge in [-0.2, -0.15) is 0 Å². The Morgan fingerprint density at radius 3 is 2.62 bits per heavy atom. The van der Waals surface area contributed by atoms with Gasteiger partial charge in [-0.05, 0) is 23.1 Å². The van der Waals surface area contributed by atoms with Gasteiger partial charge in [0.15, 0.2) is 0 Å². The summed E-state index contributed by atoms with van der Waals surface area (Å²) < 4.78 is 5.16. The highest BCUT2D eigenvalue weighted by Gasteiger charge is 2.35. The van der Waals surface area contributed by atoms with Gasteiger partial charge in [-0.15, -0.1) is 0 Å². The van der Waals surface area contributed by atoms with E-state index in [4.69, 9.17) is 4.74 Å². The summed E-state index contributed by atoms with van der Waals surface area (Å²) in [5.74, 6) is 0.00268. The second-order valence-corrected chi connectivity index (χ2v) is 6.47. The highest BCUT2D eigenvalue weighted by atomic mass is 16.5. The molecule has 0 fully saturated rings. The molecule has 128 valence electrons. The van der Waals surface area contributed by atoms with E-state index in [1.807, 2.05) is 23.1 Å². The van der Waals surface area contributed by atoms with Crippen molar-refractivity contribution in [3.05, 3.63) is 47.0 Å². The molecule has 0 bridgehead atoms. The molecule has 5 nitrogen and oxygen atoms in total. The molecule has 2 aliphatic heterocycles. The summed E-state index contributed by atoms with van der Waals surface area (Å²) in [5, 5.41) is 0. The van der Waals surface area contributed by atoms with Crippen molar-refractivity contribution in [3.63, 3.8) is 0 Å². The molecule has 0 saturated carbocycles. The van der Waals surface area contributed by atoms with Crippen LogP contribution in [0.4, 0.5) is 0 Å². The van der Waals surface area contributed by atoms with Crippen LogP contribution < -0.4 is 0 Å². The van der Waals surface area contributed by atoms with Gasteiger partial charge in [0.25, 0.3) is 0 Å². The summed E-state index contributed by atoms with van der Waals surface area (Å²) in [7, 11) is 1.68. The average molecular weight is 328 g/mol. The van der Waals surface area contributed by atoms with Crippen molar-refractivity contribution in [1.82, 2.24) is 9.80 Å². The van der Waals surface area contributed by atoms with Gasteiger partial charge in [0.2, 0.25) is 11.8 Å². The first-order valence-electron chi connectivity index (χ1n) is 8.39. The molecule has 0 aromatic heterocycles. The minimum Gasteiger partial charge on any atom is -0.380 e. The van der Waals surface area contributed by atoms with E-state index in [0.29, 0.717) is 32.7 Å². The molecular formula is C19H24N2O3. The highest BCUT2D eigenvalue weighted by Crippen LogP contribution is 2.25. The molecule has 1 atom stereocenters. The Morgan fingerprint density at radius 1 is 1.25 bits per heavy atom. The molecular weight excluding hydrogens is 304 g/mol. The third-order valence-corrected chi connectivity index (χ3v) is 4.88. The number of nitrogens with zero attached hydrogens (tertiary/aromatic N) is 2. The lowest BCUT2D eigenvalue weighted by Gasteiger charge is -2.39. The topological polar surface area (TPSA) is 49.9 Å². The summed E-state index contributed by atoms with van der Waals surface area (Å²) in [6.07, 6.45) is 3.50. The molecule has 0 N–H and O–H groups in total. The second-order valence-electron chi connectivity index (χ2n) is 6.47. The molecule has 0 spiro atoms. The van der Waals surface area contributed by atoms with E-state index in [9.17, 15) is 9.59 Å². The van der Waals surface area contributed by atoms with Crippen molar-refractivity contribution in [3.8, 4) is 0 Å². The summed E-state index contributed by atoms with van der Waals surface area (Å²) >= 11 is 0. The van der Waals surface area contributed by atoms with Crippen LogP contribution in [0, 0.1) is 0 Å². The lowest BCUT2D eigenvalue weighted by Crippen LogP contribution is -2.53. The van der Waals surface area contributed by atoms with E-state index in [1.165, 1.54) is 11.1 Å². The Kier molecular flexibility index (Phi) is 5.00. The molecule has 2 amide bonds. The Bertz CT molecular complexity index is 668. The fraction of sp³-hybridized carbons (Fsp3) is 0.474. The van der Waals surface area contributed by atoms with E-state index in [0.717, 1.165) is 12.0 Å². The van der Waals surface area contributed by atoms with Crippen LogP contribution in [0.3, 0.4) is 0 Å². The van der Waals surface area contributed by atoms with E-state index in [1.54, 1.807) is 18.9 Å². The normalized spacial score (nSPS) is 20.4. The first kappa shape index (κ1) is 16.7. The quantitative estimate of drug-likeness (QED) is 0.795. The van der Waals surface area contributed by atoms with Crippen molar-refractivity contribution in [2.24, 2.45) is 0 Å². The standard InChI is InChI=1S/C19H24N2O3/c1-14(22)21-12-17-6-4-3-5-16(17)11-18(21)19(23)20-9-7-15(8-10-20)13-24-2/h3-7,18H,8-13H2,1-2H3. The van der Waals surface area contributed by atoms with Gasteiger partial charge in [0.1, 0.15) is 6.04 Å².